The van der Waals surface area contributed by atoms with Crippen LogP contribution >= 0.6 is 11.3 Å². The van der Waals surface area contributed by atoms with Gasteiger partial charge in [-0.15, -0.1) is 11.3 Å². The first-order chi connectivity index (χ1) is 12.7. The van der Waals surface area contributed by atoms with Crippen LogP contribution in [0.4, 0.5) is 0 Å². The van der Waals surface area contributed by atoms with E-state index in [4.69, 9.17) is 4.42 Å². The Hall–Kier alpha value is -2.34. The number of nitrogens with one attached hydrogen (secondary N) is 1. The third-order valence-corrected chi connectivity index (χ3v) is 5.93. The molecule has 4 rings (SSSR count). The molecule has 5 nitrogen and oxygen atoms in total. The highest BCUT2D eigenvalue weighted by Gasteiger charge is 2.29. The molecule has 136 valence electrons. The number of H-pyrrole nitrogens is 1. The highest BCUT2D eigenvalue weighted by atomic mass is 32.1. The van der Waals surface area contributed by atoms with Crippen LogP contribution in [0.2, 0.25) is 0 Å². The summed E-state index contributed by atoms with van der Waals surface area (Å²) in [6.07, 6.45) is 5.38. The van der Waals surface area contributed by atoms with Crippen molar-refractivity contribution in [2.75, 3.05) is 6.54 Å². The van der Waals surface area contributed by atoms with E-state index in [0.29, 0.717) is 17.5 Å². The Morgan fingerprint density at radius 2 is 2.31 bits per heavy atom. The Kier molecular flexibility index (Phi) is 4.93. The average molecular weight is 369 g/mol. The van der Waals surface area contributed by atoms with Crippen LogP contribution in [0.25, 0.3) is 11.5 Å². The lowest BCUT2D eigenvalue weighted by Gasteiger charge is -2.35. The predicted molar refractivity (Wildman–Crippen MR) is 102 cm³/mol. The van der Waals surface area contributed by atoms with Crippen LogP contribution in [0.15, 0.2) is 40.1 Å². The number of aryl methyl sites for hydroxylation is 2. The van der Waals surface area contributed by atoms with Crippen molar-refractivity contribution in [3.8, 4) is 11.5 Å². The van der Waals surface area contributed by atoms with Gasteiger partial charge in [-0.3, -0.25) is 9.89 Å². The van der Waals surface area contributed by atoms with Crippen LogP contribution < -0.4 is 0 Å². The molecular formula is C20H23N3O2S. The summed E-state index contributed by atoms with van der Waals surface area (Å²) in [6.45, 7) is 2.72. The Morgan fingerprint density at radius 1 is 1.38 bits per heavy atom. The summed E-state index contributed by atoms with van der Waals surface area (Å²) in [5, 5.41) is 9.29. The topological polar surface area (TPSA) is 62.1 Å². The van der Waals surface area contributed by atoms with Gasteiger partial charge in [-0.2, -0.15) is 5.10 Å². The van der Waals surface area contributed by atoms with E-state index in [9.17, 15) is 4.79 Å². The van der Waals surface area contributed by atoms with Gasteiger partial charge in [-0.05, 0) is 62.6 Å². The smallest absolute Gasteiger partial charge is 0.274 e. The first-order valence-corrected chi connectivity index (χ1v) is 10.0. The molecule has 1 amide bonds. The maximum Gasteiger partial charge on any atom is 0.274 e. The standard InChI is InChI=1S/C20H23N3O2S/c1-14-7-10-19(25-14)17-13-18(22-21-17)20(24)23-11-3-2-5-15(23)8-9-16-6-4-12-26-16/h4,6-7,10,12-13,15H,2-3,5,8-9,11H2,1H3,(H,21,22). The molecule has 0 aliphatic carbocycles. The number of thiophene rings is 1. The highest BCUT2D eigenvalue weighted by molar-refractivity contribution is 7.09. The minimum atomic E-state index is 0.0201. The van der Waals surface area contributed by atoms with Gasteiger partial charge in [0.1, 0.15) is 11.5 Å². The van der Waals surface area contributed by atoms with E-state index in [1.54, 1.807) is 17.4 Å². The SMILES string of the molecule is Cc1ccc(-c2cc(C(=O)N3CCCCC3CCc3cccs3)n[nH]2)o1. The molecule has 1 aliphatic rings. The van der Waals surface area contributed by atoms with E-state index in [1.165, 1.54) is 11.3 Å². The van der Waals surface area contributed by atoms with Gasteiger partial charge in [-0.25, -0.2) is 0 Å². The number of nitrogens with zero attached hydrogens (tertiary/aromatic N) is 2. The Morgan fingerprint density at radius 3 is 3.08 bits per heavy atom. The lowest BCUT2D eigenvalue weighted by molar-refractivity contribution is 0.0596. The second kappa shape index (κ2) is 7.50. The Labute approximate surface area is 157 Å². The second-order valence-electron chi connectivity index (χ2n) is 6.84. The number of likely N-dealkylation sites (tertiary alicyclic amines) is 1. The first-order valence-electron chi connectivity index (χ1n) is 9.16. The molecule has 26 heavy (non-hydrogen) atoms. The van der Waals surface area contributed by atoms with Gasteiger partial charge in [0.05, 0.1) is 0 Å². The molecular weight excluding hydrogens is 346 g/mol. The zero-order valence-electron chi connectivity index (χ0n) is 14.9. The van der Waals surface area contributed by atoms with Crippen molar-refractivity contribution < 1.29 is 9.21 Å². The van der Waals surface area contributed by atoms with Crippen molar-refractivity contribution in [1.29, 1.82) is 0 Å². The number of furan rings is 1. The van der Waals surface area contributed by atoms with E-state index < -0.39 is 0 Å². The molecule has 1 N–H and O–H groups in total. The van der Waals surface area contributed by atoms with Crippen molar-refractivity contribution in [2.45, 2.75) is 45.1 Å². The van der Waals surface area contributed by atoms with Gasteiger partial charge in [0.2, 0.25) is 0 Å². The molecule has 3 aromatic heterocycles. The van der Waals surface area contributed by atoms with Crippen LogP contribution in [0.1, 0.15) is 46.8 Å². The molecule has 0 saturated carbocycles. The van der Waals surface area contributed by atoms with E-state index >= 15 is 0 Å². The van der Waals surface area contributed by atoms with E-state index in [1.807, 2.05) is 24.0 Å². The summed E-state index contributed by atoms with van der Waals surface area (Å²) >= 11 is 1.79. The molecule has 3 aromatic rings. The predicted octanol–water partition coefficient (Wildman–Crippen LogP) is 4.67. The summed E-state index contributed by atoms with van der Waals surface area (Å²) < 4.78 is 5.61. The molecule has 1 fully saturated rings. The largest absolute Gasteiger partial charge is 0.460 e. The lowest BCUT2D eigenvalue weighted by Crippen LogP contribution is -2.44. The molecule has 0 aromatic carbocycles. The average Bonchev–Trinajstić information content (AvgIpc) is 3.41. The van der Waals surface area contributed by atoms with E-state index in [0.717, 1.165) is 43.7 Å². The number of hydrogen-bond donors (Lipinski definition) is 1. The second-order valence-corrected chi connectivity index (χ2v) is 7.88. The molecule has 0 spiro atoms. The maximum absolute atomic E-state index is 13.0. The normalized spacial score (nSPS) is 17.6. The molecule has 0 radical (unpaired) electrons. The van der Waals surface area contributed by atoms with Gasteiger partial charge < -0.3 is 9.32 Å². The number of aromatic amines is 1. The minimum Gasteiger partial charge on any atom is -0.460 e. The molecule has 4 heterocycles. The highest BCUT2D eigenvalue weighted by Crippen LogP contribution is 2.26. The number of amides is 1. The van der Waals surface area contributed by atoms with E-state index in [-0.39, 0.29) is 5.91 Å². The zero-order chi connectivity index (χ0) is 17.9. The molecule has 6 heteroatoms. The van der Waals surface area contributed by atoms with Gasteiger partial charge in [0.25, 0.3) is 5.91 Å². The summed E-state index contributed by atoms with van der Waals surface area (Å²) in [5.41, 5.74) is 1.21. The van der Waals surface area contributed by atoms with Crippen molar-refractivity contribution in [3.05, 3.63) is 52.0 Å². The fourth-order valence-electron chi connectivity index (χ4n) is 3.62. The van der Waals surface area contributed by atoms with Crippen LogP contribution in [0.3, 0.4) is 0 Å². The van der Waals surface area contributed by atoms with Crippen LogP contribution in [-0.2, 0) is 6.42 Å². The van der Waals surface area contributed by atoms with Crippen molar-refractivity contribution >= 4 is 17.2 Å². The van der Waals surface area contributed by atoms with Crippen LogP contribution in [-0.4, -0.2) is 33.6 Å². The molecule has 1 saturated heterocycles. The summed E-state index contributed by atoms with van der Waals surface area (Å²) in [4.78, 5) is 16.4. The monoisotopic (exact) mass is 369 g/mol. The van der Waals surface area contributed by atoms with Crippen LogP contribution in [0.5, 0.6) is 0 Å². The Bertz CT molecular complexity index is 865. The van der Waals surface area contributed by atoms with Gasteiger partial charge in [0, 0.05) is 23.5 Å². The van der Waals surface area contributed by atoms with Crippen molar-refractivity contribution in [2.24, 2.45) is 0 Å². The zero-order valence-corrected chi connectivity index (χ0v) is 15.7. The molecule has 1 aliphatic heterocycles. The molecule has 1 atom stereocenters. The first kappa shape index (κ1) is 17.1. The summed E-state index contributed by atoms with van der Waals surface area (Å²) in [7, 11) is 0. The number of aromatic nitrogens is 2. The van der Waals surface area contributed by atoms with E-state index in [2.05, 4.69) is 27.7 Å². The van der Waals surface area contributed by atoms with Crippen molar-refractivity contribution in [3.63, 3.8) is 0 Å². The lowest BCUT2D eigenvalue weighted by atomic mass is 9.97. The maximum atomic E-state index is 13.0. The number of piperidine rings is 1. The quantitative estimate of drug-likeness (QED) is 0.711. The third-order valence-electron chi connectivity index (χ3n) is 4.99. The van der Waals surface area contributed by atoms with Crippen molar-refractivity contribution in [1.82, 2.24) is 15.1 Å². The third kappa shape index (κ3) is 3.60. The van der Waals surface area contributed by atoms with Gasteiger partial charge >= 0.3 is 0 Å². The molecule has 1 unspecified atom stereocenters. The molecule has 0 bridgehead atoms. The van der Waals surface area contributed by atoms with Gasteiger partial charge in [-0.1, -0.05) is 6.07 Å². The number of hydrogen-bond acceptors (Lipinski definition) is 4. The fraction of sp³-hybridized carbons (Fsp3) is 0.400. The Balaban J connectivity index is 1.47. The number of carbonyl (C=O) groups is 1. The van der Waals surface area contributed by atoms with Crippen LogP contribution in [0, 0.1) is 6.92 Å². The minimum absolute atomic E-state index is 0.0201. The van der Waals surface area contributed by atoms with Gasteiger partial charge in [0.15, 0.2) is 11.5 Å². The number of rotatable bonds is 5. The summed E-state index contributed by atoms with van der Waals surface area (Å²) in [5.74, 6) is 1.57. The summed E-state index contributed by atoms with van der Waals surface area (Å²) in [6, 6.07) is 10.1. The number of carbonyl (C=O) groups excluding carboxylic acids is 1. The fourth-order valence-corrected chi connectivity index (χ4v) is 4.34.